The van der Waals surface area contributed by atoms with Gasteiger partial charge in [0.25, 0.3) is 0 Å². The molecule has 186 valence electrons. The van der Waals surface area contributed by atoms with Crippen molar-refractivity contribution in [1.82, 2.24) is 58.7 Å². The van der Waals surface area contributed by atoms with E-state index in [1.165, 1.54) is 4.68 Å². The molecule has 0 aliphatic carbocycles. The van der Waals surface area contributed by atoms with Gasteiger partial charge in [-0.2, -0.15) is 0 Å². The quantitative estimate of drug-likeness (QED) is 0.319. The smallest absolute Gasteiger partial charge is 0.255 e. The molecule has 15 nitrogen and oxygen atoms in total. The van der Waals surface area contributed by atoms with Gasteiger partial charge in [0.1, 0.15) is 17.1 Å². The van der Waals surface area contributed by atoms with E-state index in [9.17, 15) is 14.4 Å². The Labute approximate surface area is 199 Å². The monoisotopic (exact) mass is 484 g/mol. The van der Waals surface area contributed by atoms with Crippen LogP contribution in [0.1, 0.15) is 57.7 Å². The predicted molar refractivity (Wildman–Crippen MR) is 123 cm³/mol. The van der Waals surface area contributed by atoms with Crippen molar-refractivity contribution < 1.29 is 0 Å². The summed E-state index contributed by atoms with van der Waals surface area (Å²) in [6.07, 6.45) is 4.92. The van der Waals surface area contributed by atoms with Gasteiger partial charge in [0.15, 0.2) is 0 Å². The van der Waals surface area contributed by atoms with Crippen molar-refractivity contribution in [3.05, 3.63) is 67.1 Å². The van der Waals surface area contributed by atoms with Crippen LogP contribution in [-0.4, -0.2) is 58.7 Å². The summed E-state index contributed by atoms with van der Waals surface area (Å²) in [4.78, 5) is 39.9. The molecule has 0 radical (unpaired) electrons. The first-order valence-corrected chi connectivity index (χ1v) is 11.1. The molecule has 0 aromatic carbocycles. The molecule has 35 heavy (non-hydrogen) atoms. The number of aryl methyl sites for hydroxylation is 1. The molecule has 0 aliphatic heterocycles. The maximum Gasteiger partial charge on any atom is 0.337 e. The van der Waals surface area contributed by atoms with E-state index in [1.807, 2.05) is 34.6 Å². The van der Waals surface area contributed by atoms with Crippen molar-refractivity contribution in [3.63, 3.8) is 0 Å². The summed E-state index contributed by atoms with van der Waals surface area (Å²) in [6, 6.07) is 0.0562. The molecule has 0 N–H and O–H groups in total. The van der Waals surface area contributed by atoms with Crippen LogP contribution in [-0.2, 0) is 32.2 Å². The molecular formula is C20H28N12O3. The largest absolute Gasteiger partial charge is 0.337 e. The predicted octanol–water partition coefficient (Wildman–Crippen LogP) is -1.04. The molecule has 0 saturated carbocycles. The molecule has 0 bridgehead atoms. The van der Waals surface area contributed by atoms with Gasteiger partial charge in [-0.1, -0.05) is 15.6 Å². The topological polar surface area (TPSA) is 158 Å². The average molecular weight is 485 g/mol. The highest BCUT2D eigenvalue weighted by Crippen LogP contribution is 2.11. The third kappa shape index (κ3) is 4.88. The van der Waals surface area contributed by atoms with Gasteiger partial charge in [0.05, 0.1) is 37.6 Å². The molecule has 0 spiro atoms. The van der Waals surface area contributed by atoms with Gasteiger partial charge in [-0.25, -0.2) is 37.4 Å². The average Bonchev–Trinajstić information content (AvgIpc) is 3.52. The first-order valence-electron chi connectivity index (χ1n) is 11.1. The van der Waals surface area contributed by atoms with E-state index in [0.29, 0.717) is 17.1 Å². The summed E-state index contributed by atoms with van der Waals surface area (Å²) in [5.41, 5.74) is -1.46. The standard InChI is InChI=1S/C20H28N12O3/c1-13(2)31-11-15(22-25-31)9-29-17(33)28(8-14-7-27(6)24-21-14)18(34)30(19(29)35)10-16-12-32(26-23-16)20(3,4)5/h7,11-13H,8-10H2,1-6H3. The Bertz CT molecular complexity index is 1520. The number of nitrogens with zero attached hydrogens (tertiary/aromatic N) is 12. The zero-order valence-corrected chi connectivity index (χ0v) is 20.5. The molecule has 4 heterocycles. The van der Waals surface area contributed by atoms with Crippen LogP contribution >= 0.6 is 0 Å². The second-order valence-electron chi connectivity index (χ2n) is 9.60. The Morgan fingerprint density at radius 3 is 1.57 bits per heavy atom. The minimum atomic E-state index is -0.780. The third-order valence-corrected chi connectivity index (χ3v) is 5.31. The fraction of sp³-hybridized carbons (Fsp3) is 0.550. The van der Waals surface area contributed by atoms with Gasteiger partial charge in [0, 0.05) is 19.3 Å². The van der Waals surface area contributed by atoms with E-state index in [1.54, 1.807) is 35.0 Å². The van der Waals surface area contributed by atoms with Crippen molar-refractivity contribution in [1.29, 1.82) is 0 Å². The highest BCUT2D eigenvalue weighted by molar-refractivity contribution is 5.00. The molecule has 0 amide bonds. The molecule has 0 atom stereocenters. The minimum absolute atomic E-state index is 0.0562. The zero-order chi connectivity index (χ0) is 25.5. The second kappa shape index (κ2) is 8.88. The van der Waals surface area contributed by atoms with E-state index in [2.05, 4.69) is 30.9 Å². The van der Waals surface area contributed by atoms with E-state index in [-0.39, 0.29) is 31.2 Å². The number of hydrogen-bond acceptors (Lipinski definition) is 9. The lowest BCUT2D eigenvalue weighted by molar-refractivity contribution is 0.346. The van der Waals surface area contributed by atoms with Crippen molar-refractivity contribution in [2.24, 2.45) is 7.05 Å². The SMILES string of the molecule is CC(C)n1cc(Cn2c(=O)n(Cc3cn(C)nn3)c(=O)n(Cc3cn(C(C)(C)C)nn3)c2=O)nn1. The van der Waals surface area contributed by atoms with E-state index in [0.717, 1.165) is 13.7 Å². The van der Waals surface area contributed by atoms with Crippen LogP contribution in [0.2, 0.25) is 0 Å². The minimum Gasteiger partial charge on any atom is -0.255 e. The van der Waals surface area contributed by atoms with E-state index < -0.39 is 17.1 Å². The lowest BCUT2D eigenvalue weighted by Crippen LogP contribution is -2.55. The maximum absolute atomic E-state index is 13.3. The zero-order valence-electron chi connectivity index (χ0n) is 20.5. The number of aromatic nitrogens is 12. The summed E-state index contributed by atoms with van der Waals surface area (Å²) in [5.74, 6) is 0. The lowest BCUT2D eigenvalue weighted by atomic mass is 10.1. The second-order valence-corrected chi connectivity index (χ2v) is 9.60. The van der Waals surface area contributed by atoms with Crippen molar-refractivity contribution in [3.8, 4) is 0 Å². The first-order chi connectivity index (χ1) is 16.4. The molecule has 15 heteroatoms. The van der Waals surface area contributed by atoms with Gasteiger partial charge in [-0.05, 0) is 34.6 Å². The summed E-state index contributed by atoms with van der Waals surface area (Å²) in [7, 11) is 1.68. The molecular weight excluding hydrogens is 456 g/mol. The summed E-state index contributed by atoms with van der Waals surface area (Å²) >= 11 is 0. The third-order valence-electron chi connectivity index (χ3n) is 5.31. The molecule has 0 fully saturated rings. The van der Waals surface area contributed by atoms with Crippen LogP contribution in [0, 0.1) is 0 Å². The fourth-order valence-electron chi connectivity index (χ4n) is 3.38. The Morgan fingerprint density at radius 1 is 0.714 bits per heavy atom. The van der Waals surface area contributed by atoms with Crippen LogP contribution in [0.5, 0.6) is 0 Å². The first kappa shape index (κ1) is 24.0. The highest BCUT2D eigenvalue weighted by atomic mass is 16.2. The fourth-order valence-corrected chi connectivity index (χ4v) is 3.38. The molecule has 4 aromatic rings. The molecule has 4 aromatic heterocycles. The lowest BCUT2D eigenvalue weighted by Gasteiger charge is -2.17. The molecule has 0 saturated heterocycles. The maximum atomic E-state index is 13.3. The normalized spacial score (nSPS) is 12.1. The molecule has 4 rings (SSSR count). The molecule has 0 aliphatic rings. The molecule has 0 unspecified atom stereocenters. The van der Waals surface area contributed by atoms with Gasteiger partial charge < -0.3 is 0 Å². The Balaban J connectivity index is 1.82. The van der Waals surface area contributed by atoms with Crippen molar-refractivity contribution >= 4 is 0 Å². The number of hydrogen-bond donors (Lipinski definition) is 0. The summed E-state index contributed by atoms with van der Waals surface area (Å²) in [6.45, 7) is 9.26. The van der Waals surface area contributed by atoms with Crippen LogP contribution in [0.4, 0.5) is 0 Å². The van der Waals surface area contributed by atoms with Crippen LogP contribution in [0.3, 0.4) is 0 Å². The Kier molecular flexibility index (Phi) is 6.08. The van der Waals surface area contributed by atoms with E-state index in [4.69, 9.17) is 0 Å². The van der Waals surface area contributed by atoms with Crippen LogP contribution < -0.4 is 17.1 Å². The summed E-state index contributed by atoms with van der Waals surface area (Å²) < 4.78 is 7.60. The Hall–Kier alpha value is -4.17. The summed E-state index contributed by atoms with van der Waals surface area (Å²) in [5, 5.41) is 24.1. The van der Waals surface area contributed by atoms with Gasteiger partial charge in [0.2, 0.25) is 0 Å². The van der Waals surface area contributed by atoms with E-state index >= 15 is 0 Å². The van der Waals surface area contributed by atoms with Crippen LogP contribution in [0.15, 0.2) is 33.0 Å². The number of rotatable bonds is 7. The van der Waals surface area contributed by atoms with Gasteiger partial charge >= 0.3 is 17.1 Å². The van der Waals surface area contributed by atoms with Gasteiger partial charge in [-0.15, -0.1) is 15.3 Å². The highest BCUT2D eigenvalue weighted by Gasteiger charge is 2.21. The van der Waals surface area contributed by atoms with Crippen molar-refractivity contribution in [2.75, 3.05) is 0 Å². The Morgan fingerprint density at radius 2 is 1.17 bits per heavy atom. The van der Waals surface area contributed by atoms with Gasteiger partial charge in [-0.3, -0.25) is 4.68 Å². The van der Waals surface area contributed by atoms with Crippen LogP contribution in [0.25, 0.3) is 0 Å². The van der Waals surface area contributed by atoms with Crippen molar-refractivity contribution in [2.45, 2.75) is 65.8 Å².